The summed E-state index contributed by atoms with van der Waals surface area (Å²) in [6, 6.07) is 4.74. The molecule has 2 aromatic rings. The van der Waals surface area contributed by atoms with Crippen molar-refractivity contribution < 1.29 is 17.9 Å². The van der Waals surface area contributed by atoms with E-state index in [-0.39, 0.29) is 16.6 Å². The van der Waals surface area contributed by atoms with Gasteiger partial charge in [-0.25, -0.2) is 13.4 Å². The van der Waals surface area contributed by atoms with E-state index in [1.54, 1.807) is 12.1 Å². The third-order valence-corrected chi connectivity index (χ3v) is 6.60. The molecule has 26 heavy (non-hydrogen) atoms. The molecule has 1 aromatic carbocycles. The number of hydrogen-bond donors (Lipinski definition) is 2. The zero-order valence-corrected chi connectivity index (χ0v) is 15.8. The van der Waals surface area contributed by atoms with E-state index >= 15 is 0 Å². The number of H-pyrrole nitrogens is 1. The summed E-state index contributed by atoms with van der Waals surface area (Å²) in [5.74, 6) is -0.120. The van der Waals surface area contributed by atoms with Crippen LogP contribution in [0.4, 0.5) is 5.69 Å². The van der Waals surface area contributed by atoms with Crippen LogP contribution in [0.3, 0.4) is 0 Å². The van der Waals surface area contributed by atoms with Crippen LogP contribution in [-0.4, -0.2) is 65.9 Å². The number of aromatic nitrogens is 3. The van der Waals surface area contributed by atoms with Crippen molar-refractivity contribution in [3.8, 4) is 0 Å². The molecule has 0 atom stereocenters. The molecule has 0 bridgehead atoms. The van der Waals surface area contributed by atoms with Crippen molar-refractivity contribution in [1.82, 2.24) is 19.5 Å². The Morgan fingerprint density at radius 2 is 2.15 bits per heavy atom. The average Bonchev–Trinajstić information content (AvgIpc) is 3.16. The Bertz CT molecular complexity index is 864. The Hall–Kier alpha value is -1.95. The summed E-state index contributed by atoms with van der Waals surface area (Å²) in [6.07, 6.45) is 1.37. The first-order valence-corrected chi connectivity index (χ1v) is 10.4. The van der Waals surface area contributed by atoms with Gasteiger partial charge >= 0.3 is 0 Å². The smallest absolute Gasteiger partial charge is 0.243 e. The summed E-state index contributed by atoms with van der Waals surface area (Å²) in [5, 5.41) is 9.67. The predicted octanol–water partition coefficient (Wildman–Crippen LogP) is 0.865. The lowest BCUT2D eigenvalue weighted by molar-refractivity contribution is -0.113. The number of rotatable bonds is 6. The van der Waals surface area contributed by atoms with Gasteiger partial charge in [0.2, 0.25) is 15.9 Å². The van der Waals surface area contributed by atoms with E-state index in [2.05, 4.69) is 20.5 Å². The summed E-state index contributed by atoms with van der Waals surface area (Å²) in [6.45, 7) is 3.23. The van der Waals surface area contributed by atoms with Crippen LogP contribution in [0, 0.1) is 6.92 Å². The number of aryl methyl sites for hydroxylation is 1. The molecule has 1 aliphatic rings. The fourth-order valence-corrected chi connectivity index (χ4v) is 4.43. The lowest BCUT2D eigenvalue weighted by Gasteiger charge is -2.26. The molecular weight excluding hydrogens is 378 g/mol. The molecule has 2 heterocycles. The Kier molecular flexibility index (Phi) is 5.91. The molecule has 1 aliphatic heterocycles. The van der Waals surface area contributed by atoms with Crippen molar-refractivity contribution in [3.05, 3.63) is 30.1 Å². The fourth-order valence-electron chi connectivity index (χ4n) is 2.42. The highest BCUT2D eigenvalue weighted by Gasteiger charge is 2.26. The lowest BCUT2D eigenvalue weighted by atomic mass is 10.2. The molecule has 2 N–H and O–H groups in total. The minimum Gasteiger partial charge on any atom is -0.379 e. The Balaban J connectivity index is 1.71. The first-order valence-electron chi connectivity index (χ1n) is 7.93. The van der Waals surface area contributed by atoms with Gasteiger partial charge in [0, 0.05) is 18.8 Å². The van der Waals surface area contributed by atoms with Crippen LogP contribution in [-0.2, 0) is 19.6 Å². The summed E-state index contributed by atoms with van der Waals surface area (Å²) in [7, 11) is -3.61. The van der Waals surface area contributed by atoms with Crippen LogP contribution in [0.1, 0.15) is 5.56 Å². The highest BCUT2D eigenvalue weighted by Crippen LogP contribution is 2.24. The van der Waals surface area contributed by atoms with Gasteiger partial charge in [0.25, 0.3) is 0 Å². The largest absolute Gasteiger partial charge is 0.379 e. The number of thioether (sulfide) groups is 1. The molecule has 1 aromatic heterocycles. The van der Waals surface area contributed by atoms with Crippen LogP contribution in [0.2, 0.25) is 0 Å². The molecule has 0 unspecified atom stereocenters. The molecule has 9 nitrogen and oxygen atoms in total. The molecule has 0 aliphatic carbocycles. The minimum atomic E-state index is -3.61. The molecule has 140 valence electrons. The molecule has 1 fully saturated rings. The molecular formula is C15H19N5O4S2. The van der Waals surface area contributed by atoms with E-state index in [1.165, 1.54) is 28.5 Å². The third-order valence-electron chi connectivity index (χ3n) is 3.82. The second kappa shape index (κ2) is 8.16. The SMILES string of the molecule is Cc1ccc(S(=O)(=O)N2CCOCC2)cc1NC(=O)CSc1ncn[nH]1. The number of carbonyl (C=O) groups is 1. The second-order valence-electron chi connectivity index (χ2n) is 5.62. The standard InChI is InChI=1S/C15H19N5O4S2/c1-11-2-3-12(26(22,23)20-4-6-24-7-5-20)8-13(11)18-14(21)9-25-15-16-10-17-19-15/h2-3,8,10H,4-7,9H2,1H3,(H,18,21)(H,16,17,19). The van der Waals surface area contributed by atoms with Crippen molar-refractivity contribution in [2.75, 3.05) is 37.4 Å². The van der Waals surface area contributed by atoms with Crippen LogP contribution >= 0.6 is 11.8 Å². The van der Waals surface area contributed by atoms with Gasteiger partial charge in [-0.3, -0.25) is 9.89 Å². The molecule has 1 amide bonds. The molecule has 0 saturated carbocycles. The topological polar surface area (TPSA) is 117 Å². The molecule has 3 rings (SSSR count). The number of carbonyl (C=O) groups excluding carboxylic acids is 1. The van der Waals surface area contributed by atoms with Crippen molar-refractivity contribution in [3.63, 3.8) is 0 Å². The monoisotopic (exact) mass is 397 g/mol. The molecule has 1 saturated heterocycles. The molecule has 11 heteroatoms. The summed E-state index contributed by atoms with van der Waals surface area (Å²) >= 11 is 1.21. The maximum atomic E-state index is 12.8. The normalized spacial score (nSPS) is 15.7. The summed E-state index contributed by atoms with van der Waals surface area (Å²) in [5.41, 5.74) is 1.26. The number of hydrogen-bond acceptors (Lipinski definition) is 7. The van der Waals surface area contributed by atoms with Gasteiger partial charge in [-0.2, -0.15) is 9.40 Å². The van der Waals surface area contributed by atoms with Crippen molar-refractivity contribution in [2.24, 2.45) is 0 Å². The number of aromatic amines is 1. The van der Waals surface area contributed by atoms with Gasteiger partial charge in [-0.1, -0.05) is 17.8 Å². The van der Waals surface area contributed by atoms with Gasteiger partial charge < -0.3 is 10.1 Å². The number of morpholine rings is 1. The quantitative estimate of drug-likeness (QED) is 0.694. The highest BCUT2D eigenvalue weighted by molar-refractivity contribution is 7.99. The van der Waals surface area contributed by atoms with Gasteiger partial charge in [0.05, 0.1) is 23.9 Å². The van der Waals surface area contributed by atoms with Crippen LogP contribution in [0.15, 0.2) is 34.6 Å². The zero-order chi connectivity index (χ0) is 18.6. The number of benzene rings is 1. The van der Waals surface area contributed by atoms with E-state index in [0.29, 0.717) is 37.1 Å². The van der Waals surface area contributed by atoms with Crippen LogP contribution in [0.25, 0.3) is 0 Å². The average molecular weight is 397 g/mol. The molecule has 0 radical (unpaired) electrons. The van der Waals surface area contributed by atoms with E-state index in [1.807, 2.05) is 6.92 Å². The van der Waals surface area contributed by atoms with E-state index in [9.17, 15) is 13.2 Å². The molecule has 0 spiro atoms. The zero-order valence-electron chi connectivity index (χ0n) is 14.1. The Morgan fingerprint density at radius 1 is 1.38 bits per heavy atom. The van der Waals surface area contributed by atoms with Gasteiger partial charge in [0.15, 0.2) is 5.16 Å². The summed E-state index contributed by atoms with van der Waals surface area (Å²) < 4.78 is 32.1. The maximum absolute atomic E-state index is 12.8. The first-order chi connectivity index (χ1) is 12.5. The summed E-state index contributed by atoms with van der Waals surface area (Å²) in [4.78, 5) is 16.2. The number of sulfonamides is 1. The van der Waals surface area contributed by atoms with Gasteiger partial charge in [-0.05, 0) is 24.6 Å². The van der Waals surface area contributed by atoms with Crippen molar-refractivity contribution in [1.29, 1.82) is 0 Å². The van der Waals surface area contributed by atoms with Gasteiger partial charge in [0.1, 0.15) is 6.33 Å². The fraction of sp³-hybridized carbons (Fsp3) is 0.400. The number of nitrogens with one attached hydrogen (secondary N) is 2. The predicted molar refractivity (Wildman–Crippen MR) is 96.5 cm³/mol. The maximum Gasteiger partial charge on any atom is 0.243 e. The number of nitrogens with zero attached hydrogens (tertiary/aromatic N) is 3. The third kappa shape index (κ3) is 4.41. The van der Waals surface area contributed by atoms with Gasteiger partial charge in [-0.15, -0.1) is 0 Å². The van der Waals surface area contributed by atoms with E-state index in [0.717, 1.165) is 5.56 Å². The second-order valence-corrected chi connectivity index (χ2v) is 8.52. The van der Waals surface area contributed by atoms with E-state index in [4.69, 9.17) is 4.74 Å². The van der Waals surface area contributed by atoms with Crippen LogP contribution < -0.4 is 5.32 Å². The number of anilines is 1. The Labute approximate surface area is 155 Å². The number of ether oxygens (including phenoxy) is 1. The van der Waals surface area contributed by atoms with E-state index < -0.39 is 10.0 Å². The van der Waals surface area contributed by atoms with Crippen molar-refractivity contribution >= 4 is 33.4 Å². The minimum absolute atomic E-state index is 0.134. The Morgan fingerprint density at radius 3 is 2.85 bits per heavy atom. The van der Waals surface area contributed by atoms with Crippen molar-refractivity contribution in [2.45, 2.75) is 17.0 Å². The lowest BCUT2D eigenvalue weighted by Crippen LogP contribution is -2.40. The first kappa shape index (κ1) is 18.8. The number of amides is 1. The highest BCUT2D eigenvalue weighted by atomic mass is 32.2. The van der Waals surface area contributed by atoms with Crippen LogP contribution in [0.5, 0.6) is 0 Å².